The predicted octanol–water partition coefficient (Wildman–Crippen LogP) is 8.85. The SMILES string of the molecule is CCCCCCCCCCC1CCC(C2C=CC(c3ccc(C#N)cc3)=CC2)CC1. The van der Waals surface area contributed by atoms with Crippen molar-refractivity contribution in [3.05, 3.63) is 53.6 Å². The zero-order chi connectivity index (χ0) is 21.0. The molecule has 0 heterocycles. The zero-order valence-corrected chi connectivity index (χ0v) is 19.1. The Morgan fingerprint density at radius 1 is 0.867 bits per heavy atom. The average Bonchev–Trinajstić information content (AvgIpc) is 2.81. The Bertz CT molecular complexity index is 710. The highest BCUT2D eigenvalue weighted by atomic mass is 14.3. The number of nitrogens with zero attached hydrogens (tertiary/aromatic N) is 1. The molecule has 1 aromatic carbocycles. The van der Waals surface area contributed by atoms with Gasteiger partial charge in [-0.05, 0) is 60.3 Å². The summed E-state index contributed by atoms with van der Waals surface area (Å²) < 4.78 is 0. The molecule has 1 saturated carbocycles. The van der Waals surface area contributed by atoms with Gasteiger partial charge < -0.3 is 0 Å². The summed E-state index contributed by atoms with van der Waals surface area (Å²) in [4.78, 5) is 0. The molecule has 1 atom stereocenters. The van der Waals surface area contributed by atoms with Crippen molar-refractivity contribution in [2.45, 2.75) is 96.8 Å². The molecule has 0 amide bonds. The number of unbranched alkanes of at least 4 members (excludes halogenated alkanes) is 7. The Kier molecular flexibility index (Phi) is 9.75. The molecule has 3 rings (SSSR count). The summed E-state index contributed by atoms with van der Waals surface area (Å²) in [5.41, 5.74) is 3.29. The van der Waals surface area contributed by atoms with Gasteiger partial charge >= 0.3 is 0 Å². The van der Waals surface area contributed by atoms with Crippen LogP contribution in [0.25, 0.3) is 5.57 Å². The Morgan fingerprint density at radius 3 is 2.13 bits per heavy atom. The molecule has 0 aliphatic heterocycles. The molecule has 162 valence electrons. The minimum atomic E-state index is 0.733. The molecule has 2 aliphatic rings. The van der Waals surface area contributed by atoms with Crippen LogP contribution in [0, 0.1) is 29.1 Å². The van der Waals surface area contributed by atoms with E-state index in [2.05, 4.69) is 43.4 Å². The van der Waals surface area contributed by atoms with E-state index < -0.39 is 0 Å². The standard InChI is InChI=1S/C29H41N/c1-2-3-4-5-6-7-8-9-10-24-11-15-26(16-12-24)28-19-21-29(22-20-28)27-17-13-25(23-30)14-18-27/h13-14,17-19,21-22,24,26,28H,2-12,15-16,20H2,1H3. The number of nitriles is 1. The molecule has 0 bridgehead atoms. The largest absolute Gasteiger partial charge is 0.192 e. The van der Waals surface area contributed by atoms with Crippen LogP contribution in [0.2, 0.25) is 0 Å². The van der Waals surface area contributed by atoms with Crippen molar-refractivity contribution >= 4 is 5.57 Å². The van der Waals surface area contributed by atoms with Gasteiger partial charge in [-0.25, -0.2) is 0 Å². The van der Waals surface area contributed by atoms with Crippen LogP contribution in [0.4, 0.5) is 0 Å². The Balaban J connectivity index is 1.31. The smallest absolute Gasteiger partial charge is 0.0991 e. The summed E-state index contributed by atoms with van der Waals surface area (Å²) in [7, 11) is 0. The molecule has 1 fully saturated rings. The predicted molar refractivity (Wildman–Crippen MR) is 129 cm³/mol. The summed E-state index contributed by atoms with van der Waals surface area (Å²) in [5.74, 6) is 2.62. The van der Waals surface area contributed by atoms with E-state index in [1.54, 1.807) is 0 Å². The van der Waals surface area contributed by atoms with E-state index in [1.165, 1.54) is 101 Å². The van der Waals surface area contributed by atoms with Crippen molar-refractivity contribution in [3.63, 3.8) is 0 Å². The van der Waals surface area contributed by atoms with Gasteiger partial charge in [-0.2, -0.15) is 5.26 Å². The van der Waals surface area contributed by atoms with Crippen LogP contribution in [0.1, 0.15) is 108 Å². The van der Waals surface area contributed by atoms with Gasteiger partial charge in [-0.15, -0.1) is 0 Å². The summed E-state index contributed by atoms with van der Waals surface area (Å²) in [6.07, 6.45) is 27.1. The third-order valence-electron chi connectivity index (χ3n) is 7.44. The Labute approximate surface area is 185 Å². The van der Waals surface area contributed by atoms with Crippen molar-refractivity contribution in [2.24, 2.45) is 17.8 Å². The summed E-state index contributed by atoms with van der Waals surface area (Å²) in [5, 5.41) is 8.97. The Morgan fingerprint density at radius 2 is 1.53 bits per heavy atom. The molecule has 1 unspecified atom stereocenters. The highest BCUT2D eigenvalue weighted by Crippen LogP contribution is 2.39. The third-order valence-corrected chi connectivity index (χ3v) is 7.44. The molecule has 1 heteroatoms. The summed E-state index contributed by atoms with van der Waals surface area (Å²) >= 11 is 0. The molecule has 0 spiro atoms. The zero-order valence-electron chi connectivity index (χ0n) is 19.1. The first-order chi connectivity index (χ1) is 14.8. The van der Waals surface area contributed by atoms with Gasteiger partial charge in [0.15, 0.2) is 0 Å². The van der Waals surface area contributed by atoms with Gasteiger partial charge in [-0.3, -0.25) is 0 Å². The maximum absolute atomic E-state index is 8.97. The number of hydrogen-bond donors (Lipinski definition) is 0. The normalized spacial score (nSPS) is 23.7. The van der Waals surface area contributed by atoms with E-state index in [1.807, 2.05) is 12.1 Å². The number of benzene rings is 1. The monoisotopic (exact) mass is 403 g/mol. The lowest BCUT2D eigenvalue weighted by Gasteiger charge is -2.33. The van der Waals surface area contributed by atoms with Crippen LogP contribution in [0.15, 0.2) is 42.5 Å². The molecule has 0 aromatic heterocycles. The minimum absolute atomic E-state index is 0.733. The van der Waals surface area contributed by atoms with Crippen molar-refractivity contribution in [2.75, 3.05) is 0 Å². The second-order valence-corrected chi connectivity index (χ2v) is 9.65. The molecule has 0 radical (unpaired) electrons. The van der Waals surface area contributed by atoms with Gasteiger partial charge in [0.25, 0.3) is 0 Å². The van der Waals surface area contributed by atoms with Gasteiger partial charge in [0.2, 0.25) is 0 Å². The van der Waals surface area contributed by atoms with Crippen molar-refractivity contribution in [1.29, 1.82) is 5.26 Å². The first-order valence-corrected chi connectivity index (χ1v) is 12.7. The lowest BCUT2D eigenvalue weighted by molar-refractivity contribution is 0.218. The van der Waals surface area contributed by atoms with Crippen molar-refractivity contribution in [1.82, 2.24) is 0 Å². The second kappa shape index (κ2) is 12.8. The minimum Gasteiger partial charge on any atom is -0.192 e. The molecule has 30 heavy (non-hydrogen) atoms. The first kappa shape index (κ1) is 22.9. The van der Waals surface area contributed by atoms with E-state index in [4.69, 9.17) is 5.26 Å². The molecular formula is C29H41N. The van der Waals surface area contributed by atoms with E-state index in [-0.39, 0.29) is 0 Å². The van der Waals surface area contributed by atoms with Gasteiger partial charge in [0.05, 0.1) is 11.6 Å². The molecule has 0 N–H and O–H groups in total. The maximum Gasteiger partial charge on any atom is 0.0991 e. The van der Waals surface area contributed by atoms with E-state index in [0.717, 1.165) is 23.3 Å². The van der Waals surface area contributed by atoms with Gasteiger partial charge in [0.1, 0.15) is 0 Å². The molecule has 1 nitrogen and oxygen atoms in total. The topological polar surface area (TPSA) is 23.8 Å². The molecule has 1 aromatic rings. The van der Waals surface area contributed by atoms with Crippen LogP contribution >= 0.6 is 0 Å². The summed E-state index contributed by atoms with van der Waals surface area (Å²) in [6, 6.07) is 10.2. The van der Waals surface area contributed by atoms with Crippen LogP contribution in [-0.2, 0) is 0 Å². The van der Waals surface area contributed by atoms with Crippen LogP contribution in [0.3, 0.4) is 0 Å². The quantitative estimate of drug-likeness (QED) is 0.338. The van der Waals surface area contributed by atoms with Gasteiger partial charge in [-0.1, -0.05) is 108 Å². The fraction of sp³-hybridized carbons (Fsp3) is 0.621. The lowest BCUT2D eigenvalue weighted by Crippen LogP contribution is -2.21. The highest BCUT2D eigenvalue weighted by molar-refractivity contribution is 5.75. The van der Waals surface area contributed by atoms with Crippen LogP contribution in [0.5, 0.6) is 0 Å². The fourth-order valence-electron chi connectivity index (χ4n) is 5.41. The van der Waals surface area contributed by atoms with E-state index in [9.17, 15) is 0 Å². The van der Waals surface area contributed by atoms with Crippen molar-refractivity contribution in [3.8, 4) is 6.07 Å². The molecule has 0 saturated heterocycles. The van der Waals surface area contributed by atoms with E-state index in [0.29, 0.717) is 0 Å². The number of allylic oxidation sites excluding steroid dienone is 4. The average molecular weight is 404 g/mol. The second-order valence-electron chi connectivity index (χ2n) is 9.65. The fourth-order valence-corrected chi connectivity index (χ4v) is 5.41. The Hall–Kier alpha value is -1.81. The van der Waals surface area contributed by atoms with Crippen LogP contribution < -0.4 is 0 Å². The number of hydrogen-bond acceptors (Lipinski definition) is 1. The van der Waals surface area contributed by atoms with Crippen LogP contribution in [-0.4, -0.2) is 0 Å². The van der Waals surface area contributed by atoms with Gasteiger partial charge in [0, 0.05) is 0 Å². The van der Waals surface area contributed by atoms with E-state index >= 15 is 0 Å². The first-order valence-electron chi connectivity index (χ1n) is 12.7. The number of rotatable bonds is 11. The molecule has 2 aliphatic carbocycles. The highest BCUT2D eigenvalue weighted by Gasteiger charge is 2.26. The molecular weight excluding hydrogens is 362 g/mol. The van der Waals surface area contributed by atoms with Crippen molar-refractivity contribution < 1.29 is 0 Å². The lowest BCUT2D eigenvalue weighted by atomic mass is 9.72. The summed E-state index contributed by atoms with van der Waals surface area (Å²) in [6.45, 7) is 2.30. The third kappa shape index (κ3) is 7.16. The maximum atomic E-state index is 8.97.